The second-order valence-corrected chi connectivity index (χ2v) is 17.1. The highest BCUT2D eigenvalue weighted by molar-refractivity contribution is 8.14. The summed E-state index contributed by atoms with van der Waals surface area (Å²) in [5.74, 6) is -6.35. The van der Waals surface area contributed by atoms with Gasteiger partial charge in [0.05, 0.1) is 17.2 Å². The van der Waals surface area contributed by atoms with Gasteiger partial charge < -0.3 is 51.3 Å². The average molecular weight is 835 g/mol. The van der Waals surface area contributed by atoms with Crippen LogP contribution in [0.3, 0.4) is 0 Å². The van der Waals surface area contributed by atoms with Gasteiger partial charge >= 0.3 is 5.97 Å². The lowest BCUT2D eigenvalue weighted by Crippen LogP contribution is -2.65. The zero-order chi connectivity index (χ0) is 43.2. The van der Waals surface area contributed by atoms with Crippen molar-refractivity contribution in [3.63, 3.8) is 0 Å². The standard InChI is InChI=1S/C38H58N8O11S/c1-9-22-36(54)45-12-10-11-25(45)32(51)44-29(21(8)47)34(53)43-28(18(4)5)38(56)57-15-27(48)33(52)39-20(7)30(49)41-23(13-17(2)3)37(55)46-19(6)14-26(46)35-42-24(16-58-35)31(50)40-22/h9,17-21,23-29,47-48H,10-16H2,1-8H3,(H,39,52)(H,40,50)(H,41,49)(H,43,53)(H,44,51)/b22-9-. The monoisotopic (exact) mass is 834 g/mol. The summed E-state index contributed by atoms with van der Waals surface area (Å²) < 4.78 is 5.18. The van der Waals surface area contributed by atoms with E-state index in [-0.39, 0.29) is 48.7 Å². The van der Waals surface area contributed by atoms with Crippen LogP contribution in [0.5, 0.6) is 0 Å². The number of nitrogens with zero attached hydrogens (tertiary/aromatic N) is 3. The third-order valence-corrected chi connectivity index (χ3v) is 11.7. The number of nitrogens with one attached hydrogen (secondary N) is 5. The molecular weight excluding hydrogens is 777 g/mol. The molecule has 4 aliphatic heterocycles. The number of thioether (sulfide) groups is 1. The van der Waals surface area contributed by atoms with Crippen LogP contribution in [0.15, 0.2) is 16.8 Å². The van der Waals surface area contributed by atoms with Crippen LogP contribution in [-0.4, -0.2) is 152 Å². The van der Waals surface area contributed by atoms with Crippen LogP contribution in [0, 0.1) is 11.8 Å². The Hall–Kier alpha value is -4.56. The summed E-state index contributed by atoms with van der Waals surface area (Å²) in [6.45, 7) is 12.3. The van der Waals surface area contributed by atoms with Gasteiger partial charge in [-0.15, -0.1) is 11.8 Å². The van der Waals surface area contributed by atoms with Crippen molar-refractivity contribution in [1.82, 2.24) is 36.4 Å². The van der Waals surface area contributed by atoms with E-state index in [1.807, 2.05) is 20.8 Å². The maximum Gasteiger partial charge on any atom is 0.329 e. The Morgan fingerprint density at radius 3 is 2.16 bits per heavy atom. The minimum Gasteiger partial charge on any atom is -0.461 e. The number of ether oxygens (including phenoxy) is 1. The lowest BCUT2D eigenvalue weighted by molar-refractivity contribution is -0.154. The van der Waals surface area contributed by atoms with Crippen molar-refractivity contribution in [3.05, 3.63) is 11.8 Å². The van der Waals surface area contributed by atoms with Gasteiger partial charge in [-0.25, -0.2) is 4.79 Å². The van der Waals surface area contributed by atoms with Gasteiger partial charge in [0.25, 0.3) is 11.8 Å². The minimum atomic E-state index is -1.91. The summed E-state index contributed by atoms with van der Waals surface area (Å²) in [6.07, 6.45) is -0.433. The number of allylic oxidation sites excluding steroid dienone is 1. The Morgan fingerprint density at radius 2 is 1.55 bits per heavy atom. The number of rotatable bonds is 4. The number of amides is 7. The Morgan fingerprint density at radius 1 is 0.879 bits per heavy atom. The summed E-state index contributed by atoms with van der Waals surface area (Å²) in [5.41, 5.74) is -0.0773. The maximum atomic E-state index is 14.1. The first kappa shape index (κ1) is 46.1. The van der Waals surface area contributed by atoms with Gasteiger partial charge in [0, 0.05) is 18.3 Å². The predicted octanol–water partition coefficient (Wildman–Crippen LogP) is -1.54. The number of cyclic esters (lactones) is 1. The van der Waals surface area contributed by atoms with Crippen molar-refractivity contribution >= 4 is 64.1 Å². The normalized spacial score (nSPS) is 32.8. The van der Waals surface area contributed by atoms with Crippen molar-refractivity contribution in [2.24, 2.45) is 16.8 Å². The van der Waals surface area contributed by atoms with E-state index in [1.165, 1.54) is 36.6 Å². The molecule has 4 heterocycles. The van der Waals surface area contributed by atoms with E-state index in [4.69, 9.17) is 4.74 Å². The van der Waals surface area contributed by atoms with Crippen LogP contribution >= 0.6 is 11.8 Å². The molecule has 19 nitrogen and oxygen atoms in total. The van der Waals surface area contributed by atoms with Gasteiger partial charge in [-0.2, -0.15) is 0 Å². The fourth-order valence-corrected chi connectivity index (χ4v) is 8.35. The van der Waals surface area contributed by atoms with Crippen LogP contribution < -0.4 is 26.6 Å². The van der Waals surface area contributed by atoms with Crippen molar-refractivity contribution < 1.29 is 53.3 Å². The van der Waals surface area contributed by atoms with Crippen LogP contribution in [0.1, 0.15) is 81.1 Å². The van der Waals surface area contributed by atoms with E-state index in [2.05, 4.69) is 31.6 Å². The number of aliphatic hydroxyl groups excluding tert-OH is 2. The molecule has 0 aliphatic carbocycles. The van der Waals surface area contributed by atoms with Gasteiger partial charge in [0.2, 0.25) is 29.5 Å². The molecule has 10 unspecified atom stereocenters. The highest BCUT2D eigenvalue weighted by Crippen LogP contribution is 2.35. The number of fused-ring (bicyclic) bond motifs is 4. The zero-order valence-corrected chi connectivity index (χ0v) is 35.1. The molecule has 10 atom stereocenters. The number of carbonyl (C=O) groups is 8. The molecule has 20 heteroatoms. The summed E-state index contributed by atoms with van der Waals surface area (Å²) in [7, 11) is 0. The van der Waals surface area contributed by atoms with Crippen LogP contribution in [0.4, 0.5) is 0 Å². The first-order chi connectivity index (χ1) is 27.2. The second-order valence-electron chi connectivity index (χ2n) is 16.0. The fourth-order valence-electron chi connectivity index (χ4n) is 7.19. The maximum absolute atomic E-state index is 14.1. The molecule has 2 saturated heterocycles. The average Bonchev–Trinajstić information content (AvgIpc) is 3.85. The first-order valence-electron chi connectivity index (χ1n) is 19.8. The zero-order valence-electron chi connectivity index (χ0n) is 34.3. The van der Waals surface area contributed by atoms with Gasteiger partial charge in [-0.05, 0) is 65.2 Å². The highest BCUT2D eigenvalue weighted by atomic mass is 32.2. The van der Waals surface area contributed by atoms with Crippen molar-refractivity contribution in [1.29, 1.82) is 0 Å². The Balaban J connectivity index is 1.64. The summed E-state index contributed by atoms with van der Waals surface area (Å²) in [5, 5.41) is 34.4. The molecule has 7 N–H and O–H groups in total. The largest absolute Gasteiger partial charge is 0.461 e. The van der Waals surface area contributed by atoms with Gasteiger partial charge in [-0.3, -0.25) is 38.6 Å². The molecule has 2 fully saturated rings. The topological polar surface area (TPSA) is 265 Å². The van der Waals surface area contributed by atoms with Crippen molar-refractivity contribution in [3.8, 4) is 0 Å². The molecule has 58 heavy (non-hydrogen) atoms. The number of aliphatic hydroxyl groups is 2. The SMILES string of the molecule is C/C=C1\NC(=O)C2CSC(=N2)C2CC(C)N2C(=O)C(CC(C)C)NC(=O)C(C)NC(=O)C(O)COC(=O)C(C(C)C)NC(=O)C(C(C)O)NC(=O)C2CCCN2C1=O. The third-order valence-electron chi connectivity index (χ3n) is 10.5. The number of carbonyl (C=O) groups excluding carboxylic acids is 8. The van der Waals surface area contributed by atoms with Gasteiger partial charge in [0.15, 0.2) is 6.10 Å². The Bertz CT molecular complexity index is 1690. The molecule has 2 bridgehead atoms. The van der Waals surface area contributed by atoms with Crippen LogP contribution in [0.25, 0.3) is 0 Å². The number of esters is 1. The van der Waals surface area contributed by atoms with Crippen molar-refractivity contribution in [2.45, 2.75) is 142 Å². The lowest BCUT2D eigenvalue weighted by Gasteiger charge is -2.48. The number of hydrogen-bond acceptors (Lipinski definition) is 13. The van der Waals surface area contributed by atoms with Crippen LogP contribution in [0.2, 0.25) is 0 Å². The van der Waals surface area contributed by atoms with E-state index in [1.54, 1.807) is 25.7 Å². The molecule has 4 rings (SSSR count). The van der Waals surface area contributed by atoms with Crippen LogP contribution in [-0.2, 0) is 43.1 Å². The highest BCUT2D eigenvalue weighted by Gasteiger charge is 2.47. The molecule has 0 radical (unpaired) electrons. The van der Waals surface area contributed by atoms with E-state index in [0.29, 0.717) is 17.9 Å². The predicted molar refractivity (Wildman–Crippen MR) is 211 cm³/mol. The fraction of sp³-hybridized carbons (Fsp3) is 0.711. The van der Waals surface area contributed by atoms with E-state index in [9.17, 15) is 48.6 Å². The second kappa shape index (κ2) is 19.9. The molecule has 4 aliphatic rings. The smallest absolute Gasteiger partial charge is 0.329 e. The molecule has 0 aromatic rings. The lowest BCUT2D eigenvalue weighted by atomic mass is 9.91. The Kier molecular flexibility index (Phi) is 15.9. The number of hydrogen-bond donors (Lipinski definition) is 7. The van der Waals surface area contributed by atoms with Gasteiger partial charge in [-0.1, -0.05) is 33.8 Å². The molecule has 7 amide bonds. The summed E-state index contributed by atoms with van der Waals surface area (Å²) in [4.78, 5) is 115. The molecule has 322 valence electrons. The van der Waals surface area contributed by atoms with E-state index < -0.39 is 108 Å². The van der Waals surface area contributed by atoms with E-state index in [0.717, 1.165) is 0 Å². The summed E-state index contributed by atoms with van der Waals surface area (Å²) in [6, 6.07) is -7.69. The minimum absolute atomic E-state index is 0.0166. The Labute approximate surface area is 342 Å². The third kappa shape index (κ3) is 10.9. The summed E-state index contributed by atoms with van der Waals surface area (Å²) >= 11 is 1.32. The first-order valence-corrected chi connectivity index (χ1v) is 20.8. The van der Waals surface area contributed by atoms with Crippen molar-refractivity contribution in [2.75, 3.05) is 18.9 Å². The molecule has 0 spiro atoms. The molecule has 0 aromatic carbocycles. The molecule has 0 aromatic heterocycles. The quantitative estimate of drug-likeness (QED) is 0.126. The molecular formula is C38H58N8O11S. The number of aliphatic imine (C=N–C) groups is 1. The van der Waals surface area contributed by atoms with E-state index >= 15 is 0 Å². The van der Waals surface area contributed by atoms with Gasteiger partial charge in [0.1, 0.15) is 48.6 Å². The molecule has 0 saturated carbocycles.